The fourth-order valence-corrected chi connectivity index (χ4v) is 5.69. The topological polar surface area (TPSA) is 93.1 Å². The maximum Gasteiger partial charge on any atom is 0.306 e. The van der Waals surface area contributed by atoms with Gasteiger partial charge in [-0.3, -0.25) is 9.59 Å². The highest BCUT2D eigenvalue weighted by atomic mass is 16.6. The molecule has 6 nitrogen and oxygen atoms in total. The van der Waals surface area contributed by atoms with Crippen LogP contribution in [0.25, 0.3) is 0 Å². The van der Waals surface area contributed by atoms with Gasteiger partial charge in [0.2, 0.25) is 0 Å². The summed E-state index contributed by atoms with van der Waals surface area (Å²) in [5, 5.41) is 19.3. The summed E-state index contributed by atoms with van der Waals surface area (Å²) in [5.74, 6) is 0.172. The second-order valence-corrected chi connectivity index (χ2v) is 14.4. The predicted octanol–water partition coefficient (Wildman–Crippen LogP) is 11.8. The first-order valence-corrected chi connectivity index (χ1v) is 20.6. The SMILES string of the molecule is CCCC[C@@H](O)/C=C\C/C=C\C/C=C\C/C=C\CCCC(=O)O[C@@H](CO)COC(=O)CCCCCCCCCCCCCCCCCC(C)C. The summed E-state index contributed by atoms with van der Waals surface area (Å²) in [4.78, 5) is 24.3. The molecule has 0 aliphatic heterocycles. The summed E-state index contributed by atoms with van der Waals surface area (Å²) >= 11 is 0. The van der Waals surface area contributed by atoms with Crippen LogP contribution >= 0.6 is 0 Å². The number of aliphatic hydroxyl groups is 2. The highest BCUT2D eigenvalue weighted by Gasteiger charge is 2.16. The van der Waals surface area contributed by atoms with E-state index in [1.54, 1.807) is 0 Å². The molecule has 0 aliphatic rings. The molecule has 0 radical (unpaired) electrons. The lowest BCUT2D eigenvalue weighted by atomic mass is 10.0. The number of rotatable bonds is 36. The van der Waals surface area contributed by atoms with E-state index in [4.69, 9.17) is 9.47 Å². The van der Waals surface area contributed by atoms with Crippen molar-refractivity contribution in [1.29, 1.82) is 0 Å². The highest BCUT2D eigenvalue weighted by Crippen LogP contribution is 2.15. The summed E-state index contributed by atoms with van der Waals surface area (Å²) < 4.78 is 10.6. The second-order valence-electron chi connectivity index (χ2n) is 14.4. The first kappa shape index (κ1) is 47.8. The van der Waals surface area contributed by atoms with Crippen molar-refractivity contribution in [2.24, 2.45) is 5.92 Å². The number of hydrogen-bond acceptors (Lipinski definition) is 6. The van der Waals surface area contributed by atoms with Gasteiger partial charge in [-0.15, -0.1) is 0 Å². The van der Waals surface area contributed by atoms with Crippen LogP contribution in [0.4, 0.5) is 0 Å². The average Bonchev–Trinajstić information content (AvgIpc) is 3.10. The van der Waals surface area contributed by atoms with Crippen molar-refractivity contribution in [3.05, 3.63) is 48.6 Å². The Kier molecular flexibility index (Phi) is 36.4. The van der Waals surface area contributed by atoms with Gasteiger partial charge >= 0.3 is 11.9 Å². The van der Waals surface area contributed by atoms with Gasteiger partial charge < -0.3 is 19.7 Å². The highest BCUT2D eigenvalue weighted by molar-refractivity contribution is 5.70. The number of hydrogen-bond donors (Lipinski definition) is 2. The zero-order valence-electron chi connectivity index (χ0n) is 32.7. The molecule has 2 atom stereocenters. The molecule has 290 valence electrons. The Labute approximate surface area is 308 Å². The fourth-order valence-electron chi connectivity index (χ4n) is 5.69. The van der Waals surface area contributed by atoms with Crippen LogP contribution in [-0.4, -0.2) is 47.6 Å². The second kappa shape index (κ2) is 38.1. The summed E-state index contributed by atoms with van der Waals surface area (Å²) in [7, 11) is 0. The van der Waals surface area contributed by atoms with Crippen LogP contribution in [-0.2, 0) is 19.1 Å². The molecular weight excluding hydrogens is 624 g/mol. The number of esters is 2. The van der Waals surface area contributed by atoms with Crippen molar-refractivity contribution in [2.75, 3.05) is 13.2 Å². The Bertz CT molecular complexity index is 874. The number of aliphatic hydroxyl groups excluding tert-OH is 2. The molecule has 0 unspecified atom stereocenters. The molecule has 0 fully saturated rings. The molecule has 0 heterocycles. The van der Waals surface area contributed by atoms with E-state index in [0.29, 0.717) is 12.8 Å². The van der Waals surface area contributed by atoms with Crippen molar-refractivity contribution in [1.82, 2.24) is 0 Å². The molecule has 0 saturated carbocycles. The van der Waals surface area contributed by atoms with Crippen molar-refractivity contribution in [3.63, 3.8) is 0 Å². The number of carbonyl (C=O) groups excluding carboxylic acids is 2. The molecule has 0 bridgehead atoms. The largest absolute Gasteiger partial charge is 0.462 e. The standard InChI is InChI=1S/C44H78O6/c1-4-5-34-41(46)35-30-26-22-18-14-11-12-16-20-24-28-32-37-44(48)50-42(38-45)39-49-43(47)36-31-27-23-19-15-10-8-6-7-9-13-17-21-25-29-33-40(2)3/h11-12,18,20,22,24,30,35,40-42,45-46H,4-10,13-17,19,21,23,25-29,31-34,36-39H2,1-3H3/b12-11-,22-18-,24-20-,35-30-/t41-,42+/m1/s1. The first-order chi connectivity index (χ1) is 24.4. The monoisotopic (exact) mass is 703 g/mol. The van der Waals surface area contributed by atoms with Crippen LogP contribution in [0.3, 0.4) is 0 Å². The molecular formula is C44H78O6. The van der Waals surface area contributed by atoms with Crippen LogP contribution < -0.4 is 0 Å². The van der Waals surface area contributed by atoms with Crippen molar-refractivity contribution >= 4 is 11.9 Å². The predicted molar refractivity (Wildman–Crippen MR) is 211 cm³/mol. The summed E-state index contributed by atoms with van der Waals surface area (Å²) in [6.07, 6.45) is 43.7. The minimum Gasteiger partial charge on any atom is -0.462 e. The van der Waals surface area contributed by atoms with E-state index >= 15 is 0 Å². The van der Waals surface area contributed by atoms with Gasteiger partial charge in [0.05, 0.1) is 12.7 Å². The average molecular weight is 703 g/mol. The number of ether oxygens (including phenoxy) is 2. The zero-order chi connectivity index (χ0) is 36.8. The van der Waals surface area contributed by atoms with E-state index in [9.17, 15) is 19.8 Å². The number of allylic oxidation sites excluding steroid dienone is 7. The Morgan fingerprint density at radius 2 is 1.06 bits per heavy atom. The quantitative estimate of drug-likeness (QED) is 0.0383. The van der Waals surface area contributed by atoms with Gasteiger partial charge in [-0.25, -0.2) is 0 Å². The van der Waals surface area contributed by atoms with Crippen LogP contribution in [0.5, 0.6) is 0 Å². The van der Waals surface area contributed by atoms with Gasteiger partial charge in [0.1, 0.15) is 6.61 Å². The molecule has 0 aliphatic carbocycles. The van der Waals surface area contributed by atoms with E-state index in [2.05, 4.69) is 57.2 Å². The van der Waals surface area contributed by atoms with E-state index in [-0.39, 0.29) is 37.7 Å². The fraction of sp³-hybridized carbons (Fsp3) is 0.773. The van der Waals surface area contributed by atoms with Crippen LogP contribution in [0.15, 0.2) is 48.6 Å². The lowest BCUT2D eigenvalue weighted by Crippen LogP contribution is -2.28. The zero-order valence-corrected chi connectivity index (χ0v) is 32.7. The van der Waals surface area contributed by atoms with E-state index < -0.39 is 6.10 Å². The van der Waals surface area contributed by atoms with Crippen molar-refractivity contribution in [2.45, 2.75) is 200 Å². The summed E-state index contributed by atoms with van der Waals surface area (Å²) in [6.45, 7) is 6.30. The minimum absolute atomic E-state index is 0.0975. The van der Waals surface area contributed by atoms with Crippen molar-refractivity contribution in [3.8, 4) is 0 Å². The molecule has 0 aromatic rings. The Hall–Kier alpha value is -2.18. The van der Waals surface area contributed by atoms with Gasteiger partial charge in [0, 0.05) is 12.8 Å². The molecule has 50 heavy (non-hydrogen) atoms. The number of carbonyl (C=O) groups is 2. The normalized spacial score (nSPS) is 13.4. The van der Waals surface area contributed by atoms with E-state index in [1.807, 2.05) is 12.2 Å². The van der Waals surface area contributed by atoms with Gasteiger partial charge in [-0.2, -0.15) is 0 Å². The Balaban J connectivity index is 3.66. The van der Waals surface area contributed by atoms with Crippen LogP contribution in [0.1, 0.15) is 188 Å². The lowest BCUT2D eigenvalue weighted by Gasteiger charge is -2.15. The summed E-state index contributed by atoms with van der Waals surface area (Å²) in [5.41, 5.74) is 0. The first-order valence-electron chi connectivity index (χ1n) is 20.6. The van der Waals surface area contributed by atoms with Gasteiger partial charge in [-0.1, -0.05) is 179 Å². The molecule has 0 aromatic carbocycles. The maximum absolute atomic E-state index is 12.2. The summed E-state index contributed by atoms with van der Waals surface area (Å²) in [6, 6.07) is 0. The maximum atomic E-state index is 12.2. The van der Waals surface area contributed by atoms with Crippen molar-refractivity contribution < 1.29 is 29.3 Å². The number of unbranched alkanes of at least 4 members (excludes halogenated alkanes) is 16. The molecule has 0 aromatic heterocycles. The Morgan fingerprint density at radius 3 is 1.58 bits per heavy atom. The molecule has 0 spiro atoms. The van der Waals surface area contributed by atoms with E-state index in [1.165, 1.54) is 83.5 Å². The van der Waals surface area contributed by atoms with Crippen LogP contribution in [0.2, 0.25) is 0 Å². The lowest BCUT2D eigenvalue weighted by molar-refractivity contribution is -0.161. The van der Waals surface area contributed by atoms with Gasteiger partial charge in [-0.05, 0) is 50.9 Å². The third-order valence-electron chi connectivity index (χ3n) is 8.87. The van der Waals surface area contributed by atoms with Crippen LogP contribution in [0, 0.1) is 5.92 Å². The molecule has 6 heteroatoms. The van der Waals surface area contributed by atoms with Gasteiger partial charge in [0.15, 0.2) is 6.10 Å². The third kappa shape index (κ3) is 37.1. The smallest absolute Gasteiger partial charge is 0.306 e. The van der Waals surface area contributed by atoms with E-state index in [0.717, 1.165) is 70.1 Å². The third-order valence-corrected chi connectivity index (χ3v) is 8.87. The minimum atomic E-state index is -0.811. The molecule has 2 N–H and O–H groups in total. The van der Waals surface area contributed by atoms with Gasteiger partial charge in [0.25, 0.3) is 0 Å². The molecule has 0 amide bonds. The molecule has 0 rings (SSSR count). The molecule has 0 saturated heterocycles. The Morgan fingerprint density at radius 1 is 0.580 bits per heavy atom.